The molecule has 0 aromatic heterocycles. The van der Waals surface area contributed by atoms with Crippen molar-refractivity contribution < 1.29 is 13.2 Å². The lowest BCUT2D eigenvalue weighted by molar-refractivity contribution is 0.249. The summed E-state index contributed by atoms with van der Waals surface area (Å²) < 4.78 is 32.5. The average molecular weight is 321 g/mol. The molecular formula is C17H23NO3S. The molecule has 120 valence electrons. The fraction of sp³-hybridized carbons (Fsp3) is 0.647. The summed E-state index contributed by atoms with van der Waals surface area (Å²) in [6.45, 7) is 2.21. The Morgan fingerprint density at radius 2 is 2.09 bits per heavy atom. The second-order valence-electron chi connectivity index (χ2n) is 7.04. The maximum absolute atomic E-state index is 12.6. The van der Waals surface area contributed by atoms with E-state index in [1.54, 1.807) is 4.31 Å². The van der Waals surface area contributed by atoms with Gasteiger partial charge in [0.2, 0.25) is 10.0 Å². The molecule has 2 heterocycles. The highest BCUT2D eigenvalue weighted by molar-refractivity contribution is 7.89. The molecule has 2 aliphatic heterocycles. The van der Waals surface area contributed by atoms with Crippen LogP contribution in [0.4, 0.5) is 0 Å². The van der Waals surface area contributed by atoms with Crippen molar-refractivity contribution in [3.05, 3.63) is 29.3 Å². The molecular weight excluding hydrogens is 298 g/mol. The van der Waals surface area contributed by atoms with Crippen molar-refractivity contribution >= 4 is 10.0 Å². The van der Waals surface area contributed by atoms with Crippen LogP contribution in [0.15, 0.2) is 18.2 Å². The van der Waals surface area contributed by atoms with Crippen molar-refractivity contribution in [2.45, 2.75) is 38.5 Å². The zero-order valence-electron chi connectivity index (χ0n) is 12.9. The first-order valence-electron chi connectivity index (χ1n) is 8.29. The largest absolute Gasteiger partial charge is 0.493 e. The third-order valence-corrected chi connectivity index (χ3v) is 7.20. The molecule has 0 atom stereocenters. The third kappa shape index (κ3) is 2.76. The van der Waals surface area contributed by atoms with Gasteiger partial charge in [-0.3, -0.25) is 0 Å². The molecule has 0 radical (unpaired) electrons. The van der Waals surface area contributed by atoms with E-state index in [0.717, 1.165) is 37.3 Å². The normalized spacial score (nSPS) is 23.3. The molecule has 0 unspecified atom stereocenters. The van der Waals surface area contributed by atoms with Crippen molar-refractivity contribution in [2.24, 2.45) is 5.41 Å². The molecule has 4 nitrogen and oxygen atoms in total. The zero-order valence-corrected chi connectivity index (χ0v) is 13.7. The van der Waals surface area contributed by atoms with Crippen LogP contribution in [-0.2, 0) is 22.9 Å². The Hall–Kier alpha value is -1.07. The minimum absolute atomic E-state index is 0.225. The molecule has 1 saturated heterocycles. The van der Waals surface area contributed by atoms with E-state index in [0.29, 0.717) is 18.4 Å². The van der Waals surface area contributed by atoms with Crippen molar-refractivity contribution in [3.8, 4) is 5.75 Å². The standard InChI is InChI=1S/C17H23NO3S/c19-22(20,18-9-1-6-17(13-18)7-8-17)11-5-14-2-3-16-15(12-14)4-10-21-16/h2-3,12H,1,4-11,13H2. The van der Waals surface area contributed by atoms with Gasteiger partial charge in [-0.2, -0.15) is 0 Å². The molecule has 0 amide bonds. The van der Waals surface area contributed by atoms with E-state index in [2.05, 4.69) is 6.07 Å². The van der Waals surface area contributed by atoms with Gasteiger partial charge in [-0.05, 0) is 54.7 Å². The highest BCUT2D eigenvalue weighted by Gasteiger charge is 2.47. The van der Waals surface area contributed by atoms with Gasteiger partial charge >= 0.3 is 0 Å². The van der Waals surface area contributed by atoms with E-state index in [1.807, 2.05) is 12.1 Å². The maximum Gasteiger partial charge on any atom is 0.214 e. The number of aryl methyl sites for hydroxylation is 1. The molecule has 3 aliphatic rings. The summed E-state index contributed by atoms with van der Waals surface area (Å²) in [7, 11) is -3.12. The van der Waals surface area contributed by atoms with E-state index < -0.39 is 10.0 Å². The van der Waals surface area contributed by atoms with Crippen LogP contribution in [0.2, 0.25) is 0 Å². The van der Waals surface area contributed by atoms with Crippen LogP contribution in [0.5, 0.6) is 5.75 Å². The van der Waals surface area contributed by atoms with Crippen LogP contribution in [0, 0.1) is 5.41 Å². The lowest BCUT2D eigenvalue weighted by atomic mass is 9.97. The topological polar surface area (TPSA) is 46.6 Å². The van der Waals surface area contributed by atoms with Gasteiger partial charge in [0.05, 0.1) is 12.4 Å². The Balaban J connectivity index is 1.42. The first kappa shape index (κ1) is 14.5. The minimum Gasteiger partial charge on any atom is -0.493 e. The van der Waals surface area contributed by atoms with E-state index in [4.69, 9.17) is 4.74 Å². The SMILES string of the molecule is O=S(=O)(CCc1ccc2c(c1)CCO2)N1CCCC2(CC2)C1. The number of hydrogen-bond donors (Lipinski definition) is 0. The monoisotopic (exact) mass is 321 g/mol. The molecule has 0 N–H and O–H groups in total. The van der Waals surface area contributed by atoms with E-state index in [9.17, 15) is 8.42 Å². The van der Waals surface area contributed by atoms with Gasteiger partial charge in [-0.25, -0.2) is 12.7 Å². The minimum atomic E-state index is -3.12. The van der Waals surface area contributed by atoms with Gasteiger partial charge in [-0.15, -0.1) is 0 Å². The van der Waals surface area contributed by atoms with Crippen molar-refractivity contribution in [2.75, 3.05) is 25.4 Å². The number of fused-ring (bicyclic) bond motifs is 1. The first-order chi connectivity index (χ1) is 10.6. The number of benzene rings is 1. The molecule has 0 bridgehead atoms. The second-order valence-corrected chi connectivity index (χ2v) is 9.13. The Morgan fingerprint density at radius 1 is 1.23 bits per heavy atom. The van der Waals surface area contributed by atoms with Crippen molar-refractivity contribution in [3.63, 3.8) is 0 Å². The lowest BCUT2D eigenvalue weighted by Gasteiger charge is -2.32. The number of rotatable bonds is 4. The van der Waals surface area contributed by atoms with Crippen LogP contribution in [0.3, 0.4) is 0 Å². The fourth-order valence-electron chi connectivity index (χ4n) is 3.76. The van der Waals surface area contributed by atoms with Crippen LogP contribution in [-0.4, -0.2) is 38.2 Å². The molecule has 1 saturated carbocycles. The Kier molecular flexibility index (Phi) is 3.46. The van der Waals surface area contributed by atoms with Crippen LogP contribution in [0.25, 0.3) is 0 Å². The molecule has 1 aliphatic carbocycles. The molecule has 5 heteroatoms. The molecule has 1 spiro atoms. The van der Waals surface area contributed by atoms with Gasteiger partial charge in [0, 0.05) is 19.5 Å². The molecule has 2 fully saturated rings. The van der Waals surface area contributed by atoms with E-state index >= 15 is 0 Å². The number of nitrogens with zero attached hydrogens (tertiary/aromatic N) is 1. The van der Waals surface area contributed by atoms with Crippen molar-refractivity contribution in [1.29, 1.82) is 0 Å². The smallest absolute Gasteiger partial charge is 0.214 e. The van der Waals surface area contributed by atoms with Crippen LogP contribution >= 0.6 is 0 Å². The summed E-state index contributed by atoms with van der Waals surface area (Å²) in [5, 5.41) is 0. The fourth-order valence-corrected chi connectivity index (χ4v) is 5.39. The highest BCUT2D eigenvalue weighted by atomic mass is 32.2. The highest BCUT2D eigenvalue weighted by Crippen LogP contribution is 2.52. The number of piperidine rings is 1. The van der Waals surface area contributed by atoms with Gasteiger partial charge in [0.15, 0.2) is 0 Å². The summed E-state index contributed by atoms with van der Waals surface area (Å²) in [5.41, 5.74) is 2.66. The number of hydrogen-bond acceptors (Lipinski definition) is 3. The predicted molar refractivity (Wildman–Crippen MR) is 85.6 cm³/mol. The van der Waals surface area contributed by atoms with Gasteiger partial charge in [-0.1, -0.05) is 12.1 Å². The van der Waals surface area contributed by atoms with Crippen molar-refractivity contribution in [1.82, 2.24) is 4.31 Å². The third-order valence-electron chi connectivity index (χ3n) is 5.38. The maximum atomic E-state index is 12.6. The second kappa shape index (κ2) is 5.24. The van der Waals surface area contributed by atoms with Gasteiger partial charge in [0.25, 0.3) is 0 Å². The van der Waals surface area contributed by atoms with Crippen LogP contribution in [0.1, 0.15) is 36.8 Å². The Labute approximate surface area is 132 Å². The molecule has 1 aromatic carbocycles. The summed E-state index contributed by atoms with van der Waals surface area (Å²) >= 11 is 0. The molecule has 4 rings (SSSR count). The number of ether oxygens (including phenoxy) is 1. The van der Waals surface area contributed by atoms with Gasteiger partial charge < -0.3 is 4.74 Å². The summed E-state index contributed by atoms with van der Waals surface area (Å²) in [6.07, 6.45) is 6.19. The average Bonchev–Trinajstić information content (AvgIpc) is 3.09. The summed E-state index contributed by atoms with van der Waals surface area (Å²) in [6, 6.07) is 6.08. The Bertz CT molecular complexity index is 679. The quantitative estimate of drug-likeness (QED) is 0.855. The van der Waals surface area contributed by atoms with Gasteiger partial charge in [0.1, 0.15) is 5.75 Å². The lowest BCUT2D eigenvalue weighted by Crippen LogP contribution is -2.42. The van der Waals surface area contributed by atoms with Crippen LogP contribution < -0.4 is 4.74 Å². The summed E-state index contributed by atoms with van der Waals surface area (Å²) in [4.78, 5) is 0. The first-order valence-corrected chi connectivity index (χ1v) is 9.90. The van der Waals surface area contributed by atoms with E-state index in [1.165, 1.54) is 24.8 Å². The Morgan fingerprint density at radius 3 is 2.91 bits per heavy atom. The molecule has 22 heavy (non-hydrogen) atoms. The molecule has 1 aromatic rings. The zero-order chi connectivity index (χ0) is 15.2. The van der Waals surface area contributed by atoms with E-state index in [-0.39, 0.29) is 5.75 Å². The predicted octanol–water partition coefficient (Wildman–Crippen LogP) is 2.37. The summed E-state index contributed by atoms with van der Waals surface area (Å²) in [5.74, 6) is 1.18. The number of sulfonamides is 1.